The Labute approximate surface area is 121 Å². The molecule has 0 N–H and O–H groups in total. The van der Waals surface area contributed by atoms with Gasteiger partial charge in [-0.15, -0.1) is 0 Å². The predicted octanol–water partition coefficient (Wildman–Crippen LogP) is 5.11. The van der Waals surface area contributed by atoms with Crippen LogP contribution >= 0.6 is 27.5 Å². The SMILES string of the molecule is FC(F)(F)c1cc(Cl)c(Cc2cccnc2)cc1Br. The van der Waals surface area contributed by atoms with E-state index in [1.165, 1.54) is 6.07 Å². The number of halogens is 5. The van der Waals surface area contributed by atoms with E-state index >= 15 is 0 Å². The Hall–Kier alpha value is -1.07. The molecule has 0 amide bonds. The predicted molar refractivity (Wildman–Crippen MR) is 71.2 cm³/mol. The van der Waals surface area contributed by atoms with Crippen LogP contribution in [0.1, 0.15) is 16.7 Å². The molecule has 1 aromatic heterocycles. The smallest absolute Gasteiger partial charge is 0.264 e. The summed E-state index contributed by atoms with van der Waals surface area (Å²) < 4.78 is 38.1. The molecule has 0 spiro atoms. The third-order valence-corrected chi connectivity index (χ3v) is 3.57. The maximum absolute atomic E-state index is 12.7. The molecule has 0 unspecified atom stereocenters. The Bertz CT molecular complexity index is 584. The molecule has 2 aromatic rings. The fourth-order valence-corrected chi connectivity index (χ4v) is 2.51. The molecular weight excluding hydrogens is 343 g/mol. The van der Waals surface area contributed by atoms with Crippen molar-refractivity contribution in [3.63, 3.8) is 0 Å². The van der Waals surface area contributed by atoms with Crippen molar-refractivity contribution in [2.75, 3.05) is 0 Å². The summed E-state index contributed by atoms with van der Waals surface area (Å²) in [6.07, 6.45) is -0.700. The molecule has 1 nitrogen and oxygen atoms in total. The summed E-state index contributed by atoms with van der Waals surface area (Å²) in [6, 6.07) is 5.95. The first-order valence-electron chi connectivity index (χ1n) is 5.32. The highest BCUT2D eigenvalue weighted by atomic mass is 79.9. The van der Waals surface area contributed by atoms with Gasteiger partial charge in [-0.1, -0.05) is 33.6 Å². The lowest BCUT2D eigenvalue weighted by atomic mass is 10.0. The van der Waals surface area contributed by atoms with Crippen LogP contribution in [0.4, 0.5) is 13.2 Å². The number of pyridine rings is 1. The van der Waals surface area contributed by atoms with Crippen molar-refractivity contribution in [3.8, 4) is 0 Å². The molecule has 1 aromatic carbocycles. The number of hydrogen-bond donors (Lipinski definition) is 0. The van der Waals surface area contributed by atoms with Crippen molar-refractivity contribution < 1.29 is 13.2 Å². The Morgan fingerprint density at radius 2 is 2.00 bits per heavy atom. The van der Waals surface area contributed by atoms with Gasteiger partial charge < -0.3 is 0 Å². The minimum Gasteiger partial charge on any atom is -0.264 e. The number of nitrogens with zero attached hydrogens (tertiary/aromatic N) is 1. The molecule has 0 atom stereocenters. The van der Waals surface area contributed by atoms with Gasteiger partial charge in [-0.05, 0) is 29.3 Å². The maximum Gasteiger partial charge on any atom is 0.417 e. The highest BCUT2D eigenvalue weighted by Gasteiger charge is 2.33. The van der Waals surface area contributed by atoms with E-state index in [-0.39, 0.29) is 9.50 Å². The normalized spacial score (nSPS) is 11.6. The van der Waals surface area contributed by atoms with Gasteiger partial charge in [0.2, 0.25) is 0 Å². The Morgan fingerprint density at radius 1 is 1.26 bits per heavy atom. The van der Waals surface area contributed by atoms with Crippen molar-refractivity contribution in [1.29, 1.82) is 0 Å². The van der Waals surface area contributed by atoms with Crippen LogP contribution in [0.15, 0.2) is 41.1 Å². The second-order valence-electron chi connectivity index (χ2n) is 3.96. The number of hydrogen-bond acceptors (Lipinski definition) is 1. The molecule has 0 fully saturated rings. The molecule has 0 saturated carbocycles. The van der Waals surface area contributed by atoms with Crippen molar-refractivity contribution >= 4 is 27.5 Å². The van der Waals surface area contributed by atoms with Crippen LogP contribution in [0.2, 0.25) is 5.02 Å². The molecule has 6 heteroatoms. The quantitative estimate of drug-likeness (QED) is 0.733. The zero-order chi connectivity index (χ0) is 14.0. The molecule has 0 aliphatic rings. The molecule has 0 aliphatic carbocycles. The summed E-state index contributed by atoms with van der Waals surface area (Å²) in [6.45, 7) is 0. The van der Waals surface area contributed by atoms with Gasteiger partial charge in [0.15, 0.2) is 0 Å². The van der Waals surface area contributed by atoms with Gasteiger partial charge in [0.25, 0.3) is 0 Å². The van der Waals surface area contributed by atoms with Crippen LogP contribution in [-0.4, -0.2) is 4.98 Å². The van der Waals surface area contributed by atoms with E-state index in [0.29, 0.717) is 12.0 Å². The van der Waals surface area contributed by atoms with Gasteiger partial charge in [0.1, 0.15) is 0 Å². The lowest BCUT2D eigenvalue weighted by Crippen LogP contribution is -2.07. The highest BCUT2D eigenvalue weighted by Crippen LogP contribution is 2.38. The van der Waals surface area contributed by atoms with Crippen molar-refractivity contribution in [1.82, 2.24) is 4.98 Å². The maximum atomic E-state index is 12.7. The van der Waals surface area contributed by atoms with Crippen LogP contribution in [0.25, 0.3) is 0 Å². The van der Waals surface area contributed by atoms with E-state index in [4.69, 9.17) is 11.6 Å². The monoisotopic (exact) mass is 349 g/mol. The Balaban J connectivity index is 2.36. The molecule has 0 bridgehead atoms. The fraction of sp³-hybridized carbons (Fsp3) is 0.154. The third-order valence-electron chi connectivity index (χ3n) is 2.56. The molecule has 19 heavy (non-hydrogen) atoms. The van der Waals surface area contributed by atoms with Crippen LogP contribution in [0.5, 0.6) is 0 Å². The van der Waals surface area contributed by atoms with E-state index < -0.39 is 11.7 Å². The van der Waals surface area contributed by atoms with Crippen LogP contribution in [-0.2, 0) is 12.6 Å². The molecule has 0 radical (unpaired) electrons. The number of rotatable bonds is 2. The van der Waals surface area contributed by atoms with Crippen molar-refractivity contribution in [3.05, 3.63) is 62.8 Å². The van der Waals surface area contributed by atoms with Gasteiger partial charge in [-0.3, -0.25) is 4.98 Å². The first kappa shape index (κ1) is 14.3. The van der Waals surface area contributed by atoms with E-state index in [1.807, 2.05) is 6.07 Å². The molecular formula is C13H8BrClF3N. The van der Waals surface area contributed by atoms with Crippen LogP contribution < -0.4 is 0 Å². The fourth-order valence-electron chi connectivity index (χ4n) is 1.66. The average Bonchev–Trinajstić information content (AvgIpc) is 2.33. The number of alkyl halides is 3. The lowest BCUT2D eigenvalue weighted by molar-refractivity contribution is -0.138. The average molecular weight is 351 g/mol. The van der Waals surface area contributed by atoms with Gasteiger partial charge in [-0.2, -0.15) is 13.2 Å². The van der Waals surface area contributed by atoms with Gasteiger partial charge in [-0.25, -0.2) is 0 Å². The van der Waals surface area contributed by atoms with E-state index in [9.17, 15) is 13.2 Å². The molecule has 0 aliphatic heterocycles. The second-order valence-corrected chi connectivity index (χ2v) is 5.22. The summed E-state index contributed by atoms with van der Waals surface area (Å²) in [5.74, 6) is 0. The van der Waals surface area contributed by atoms with Crippen LogP contribution in [0.3, 0.4) is 0 Å². The zero-order valence-electron chi connectivity index (χ0n) is 9.51. The number of aromatic nitrogens is 1. The molecule has 1 heterocycles. The minimum absolute atomic E-state index is 0.0108. The molecule has 0 saturated heterocycles. The Morgan fingerprint density at radius 3 is 2.58 bits per heavy atom. The second kappa shape index (κ2) is 5.51. The lowest BCUT2D eigenvalue weighted by Gasteiger charge is -2.12. The topological polar surface area (TPSA) is 12.9 Å². The third kappa shape index (κ3) is 3.48. The first-order valence-corrected chi connectivity index (χ1v) is 6.49. The minimum atomic E-state index is -4.42. The van der Waals surface area contributed by atoms with Crippen molar-refractivity contribution in [2.24, 2.45) is 0 Å². The summed E-state index contributed by atoms with van der Waals surface area (Å²) >= 11 is 8.85. The van der Waals surface area contributed by atoms with Gasteiger partial charge in [0, 0.05) is 28.3 Å². The van der Waals surface area contributed by atoms with E-state index in [1.54, 1.807) is 18.5 Å². The summed E-state index contributed by atoms with van der Waals surface area (Å²) in [5.41, 5.74) is 0.734. The van der Waals surface area contributed by atoms with E-state index in [0.717, 1.165) is 11.6 Å². The van der Waals surface area contributed by atoms with Gasteiger partial charge in [0.05, 0.1) is 5.56 Å². The first-order chi connectivity index (χ1) is 8.88. The Kier molecular flexibility index (Phi) is 4.16. The van der Waals surface area contributed by atoms with E-state index in [2.05, 4.69) is 20.9 Å². The van der Waals surface area contributed by atoms with Crippen LogP contribution in [0, 0.1) is 0 Å². The summed E-state index contributed by atoms with van der Waals surface area (Å²) in [7, 11) is 0. The van der Waals surface area contributed by atoms with Crippen molar-refractivity contribution in [2.45, 2.75) is 12.6 Å². The molecule has 100 valence electrons. The highest BCUT2D eigenvalue weighted by molar-refractivity contribution is 9.10. The summed E-state index contributed by atoms with van der Waals surface area (Å²) in [4.78, 5) is 3.95. The van der Waals surface area contributed by atoms with Gasteiger partial charge >= 0.3 is 6.18 Å². The number of benzene rings is 1. The standard InChI is InChI=1S/C13H8BrClF3N/c14-11-5-9(4-8-2-1-3-19-7-8)12(15)6-10(11)13(16,17)18/h1-3,5-7H,4H2. The largest absolute Gasteiger partial charge is 0.417 e. The zero-order valence-corrected chi connectivity index (χ0v) is 11.9. The molecule has 2 rings (SSSR count). The summed E-state index contributed by atoms with van der Waals surface area (Å²) in [5, 5.41) is 0.0966.